The van der Waals surface area contributed by atoms with Gasteiger partial charge in [0.15, 0.2) is 0 Å². The Morgan fingerprint density at radius 3 is 2.64 bits per heavy atom. The highest BCUT2D eigenvalue weighted by atomic mass is 16.5. The zero-order chi connectivity index (χ0) is 17.5. The van der Waals surface area contributed by atoms with Gasteiger partial charge in [0, 0.05) is 44.1 Å². The Hall–Kier alpha value is -2.60. The van der Waals surface area contributed by atoms with Crippen LogP contribution >= 0.6 is 0 Å². The van der Waals surface area contributed by atoms with E-state index in [0.29, 0.717) is 38.3 Å². The number of nitrogens with zero attached hydrogens (tertiary/aromatic N) is 2. The average molecular weight is 341 g/mol. The predicted molar refractivity (Wildman–Crippen MR) is 97.1 cm³/mol. The molecule has 0 radical (unpaired) electrons. The maximum atomic E-state index is 12.5. The first-order valence-electron chi connectivity index (χ1n) is 8.61. The fourth-order valence-corrected chi connectivity index (χ4v) is 2.94. The lowest BCUT2D eigenvalue weighted by Gasteiger charge is -2.30. The fraction of sp³-hybridized carbons (Fsp3) is 0.368. The molecule has 6 heteroatoms. The van der Waals surface area contributed by atoms with E-state index in [1.807, 2.05) is 30.3 Å². The number of para-hydroxylation sites is 1. The minimum Gasteiger partial charge on any atom is -0.378 e. The van der Waals surface area contributed by atoms with Gasteiger partial charge in [-0.1, -0.05) is 18.2 Å². The molecule has 1 aromatic heterocycles. The van der Waals surface area contributed by atoms with Crippen molar-refractivity contribution < 1.29 is 9.53 Å². The second-order valence-electron chi connectivity index (χ2n) is 5.96. The lowest BCUT2D eigenvalue weighted by molar-refractivity contribution is 0.0951. The van der Waals surface area contributed by atoms with E-state index in [-0.39, 0.29) is 11.5 Å². The number of carbonyl (C=O) groups excluding carboxylic acids is 1. The second kappa shape index (κ2) is 8.48. The third kappa shape index (κ3) is 4.48. The topological polar surface area (TPSA) is 63.6 Å². The van der Waals surface area contributed by atoms with Gasteiger partial charge in [-0.2, -0.15) is 0 Å². The number of aromatic nitrogens is 1. The summed E-state index contributed by atoms with van der Waals surface area (Å²) in [6.45, 7) is 4.06. The molecule has 2 heterocycles. The normalized spacial score (nSPS) is 14.3. The molecule has 1 amide bonds. The summed E-state index contributed by atoms with van der Waals surface area (Å²) in [5.41, 5.74) is 1.61. The van der Waals surface area contributed by atoms with Crippen molar-refractivity contribution in [3.8, 4) is 0 Å². The number of rotatable bonds is 6. The number of anilines is 1. The van der Waals surface area contributed by atoms with Crippen molar-refractivity contribution in [2.45, 2.75) is 13.0 Å². The largest absolute Gasteiger partial charge is 0.378 e. The van der Waals surface area contributed by atoms with Gasteiger partial charge in [0.25, 0.3) is 5.91 Å². The van der Waals surface area contributed by atoms with Crippen LogP contribution in [0.5, 0.6) is 0 Å². The van der Waals surface area contributed by atoms with Gasteiger partial charge in [-0.15, -0.1) is 0 Å². The first kappa shape index (κ1) is 17.2. The third-order valence-electron chi connectivity index (χ3n) is 4.26. The van der Waals surface area contributed by atoms with E-state index in [1.54, 1.807) is 16.8 Å². The maximum absolute atomic E-state index is 12.5. The summed E-state index contributed by atoms with van der Waals surface area (Å²) in [6.07, 6.45) is 2.47. The van der Waals surface area contributed by atoms with E-state index in [2.05, 4.69) is 10.2 Å². The molecular weight excluding hydrogens is 318 g/mol. The molecule has 0 atom stereocenters. The molecule has 3 rings (SSSR count). The van der Waals surface area contributed by atoms with E-state index in [4.69, 9.17) is 4.74 Å². The highest BCUT2D eigenvalue weighted by Gasteiger charge is 2.17. The monoisotopic (exact) mass is 341 g/mol. The summed E-state index contributed by atoms with van der Waals surface area (Å²) in [4.78, 5) is 26.4. The molecule has 1 N–H and O–H groups in total. The summed E-state index contributed by atoms with van der Waals surface area (Å²) in [5.74, 6) is -0.0810. The van der Waals surface area contributed by atoms with Crippen LogP contribution in [0.3, 0.4) is 0 Å². The molecule has 6 nitrogen and oxygen atoms in total. The van der Waals surface area contributed by atoms with Crippen LogP contribution in [-0.4, -0.2) is 43.3 Å². The van der Waals surface area contributed by atoms with Crippen LogP contribution in [0.4, 0.5) is 5.69 Å². The number of carbonyl (C=O) groups is 1. The Morgan fingerprint density at radius 1 is 1.08 bits per heavy atom. The van der Waals surface area contributed by atoms with Crippen LogP contribution < -0.4 is 15.8 Å². The zero-order valence-electron chi connectivity index (χ0n) is 14.2. The molecule has 0 spiro atoms. The van der Waals surface area contributed by atoms with Gasteiger partial charge in [0.1, 0.15) is 0 Å². The van der Waals surface area contributed by atoms with Gasteiger partial charge in [0.2, 0.25) is 5.56 Å². The van der Waals surface area contributed by atoms with Gasteiger partial charge in [-0.3, -0.25) is 9.59 Å². The number of hydrogen-bond donors (Lipinski definition) is 1. The van der Waals surface area contributed by atoms with E-state index < -0.39 is 0 Å². The van der Waals surface area contributed by atoms with Gasteiger partial charge in [0.05, 0.1) is 18.8 Å². The van der Waals surface area contributed by atoms with Crippen molar-refractivity contribution in [3.05, 3.63) is 64.6 Å². The van der Waals surface area contributed by atoms with Crippen molar-refractivity contribution >= 4 is 11.6 Å². The van der Waals surface area contributed by atoms with Crippen LogP contribution in [0.25, 0.3) is 0 Å². The van der Waals surface area contributed by atoms with Crippen LogP contribution in [0, 0.1) is 0 Å². The molecule has 132 valence electrons. The molecule has 1 saturated heterocycles. The summed E-state index contributed by atoms with van der Waals surface area (Å²) in [7, 11) is 0. The molecule has 25 heavy (non-hydrogen) atoms. The number of benzene rings is 1. The smallest absolute Gasteiger partial charge is 0.253 e. The number of amides is 1. The number of hydrogen-bond acceptors (Lipinski definition) is 4. The van der Waals surface area contributed by atoms with Crippen molar-refractivity contribution in [1.29, 1.82) is 0 Å². The summed E-state index contributed by atoms with van der Waals surface area (Å²) >= 11 is 0. The first-order chi connectivity index (χ1) is 12.3. The predicted octanol–water partition coefficient (Wildman–Crippen LogP) is 1.50. The van der Waals surface area contributed by atoms with E-state index in [0.717, 1.165) is 18.8 Å². The molecule has 1 aliphatic heterocycles. The summed E-state index contributed by atoms with van der Waals surface area (Å²) < 4.78 is 7.03. The Kier molecular flexibility index (Phi) is 5.85. The van der Waals surface area contributed by atoms with Crippen LogP contribution in [0.2, 0.25) is 0 Å². The van der Waals surface area contributed by atoms with Crippen molar-refractivity contribution in [1.82, 2.24) is 9.88 Å². The number of aryl methyl sites for hydroxylation is 1. The fourth-order valence-electron chi connectivity index (χ4n) is 2.94. The zero-order valence-corrected chi connectivity index (χ0v) is 14.2. The Balaban J connectivity index is 1.56. The van der Waals surface area contributed by atoms with E-state index in [1.165, 1.54) is 6.07 Å². The first-order valence-corrected chi connectivity index (χ1v) is 8.61. The average Bonchev–Trinajstić information content (AvgIpc) is 2.67. The quantitative estimate of drug-likeness (QED) is 0.809. The lowest BCUT2D eigenvalue weighted by atomic mass is 10.1. The van der Waals surface area contributed by atoms with E-state index in [9.17, 15) is 9.59 Å². The lowest BCUT2D eigenvalue weighted by Crippen LogP contribution is -2.38. The molecule has 1 aliphatic rings. The standard InChI is InChI=1S/C19H23N3O3/c23-18-8-3-4-10-22(18)11-5-9-20-19(24)16-6-1-2-7-17(16)21-12-14-25-15-13-21/h1-4,6-8,10H,5,9,11-15H2,(H,20,24). The molecule has 1 fully saturated rings. The van der Waals surface area contributed by atoms with Gasteiger partial charge in [-0.05, 0) is 24.6 Å². The highest BCUT2D eigenvalue weighted by molar-refractivity contribution is 5.99. The van der Waals surface area contributed by atoms with Crippen LogP contribution in [-0.2, 0) is 11.3 Å². The van der Waals surface area contributed by atoms with Gasteiger partial charge >= 0.3 is 0 Å². The van der Waals surface area contributed by atoms with Gasteiger partial charge in [-0.25, -0.2) is 0 Å². The Morgan fingerprint density at radius 2 is 1.84 bits per heavy atom. The molecular formula is C19H23N3O3. The third-order valence-corrected chi connectivity index (χ3v) is 4.26. The maximum Gasteiger partial charge on any atom is 0.253 e. The SMILES string of the molecule is O=C(NCCCn1ccccc1=O)c1ccccc1N1CCOCC1. The summed E-state index contributed by atoms with van der Waals surface area (Å²) in [5, 5.41) is 2.96. The molecule has 0 aliphatic carbocycles. The molecule has 2 aromatic rings. The Bertz CT molecular complexity index is 766. The molecule has 0 bridgehead atoms. The number of morpholine rings is 1. The van der Waals surface area contributed by atoms with Crippen LogP contribution in [0.15, 0.2) is 53.5 Å². The second-order valence-corrected chi connectivity index (χ2v) is 5.96. The minimum absolute atomic E-state index is 0.0218. The number of nitrogens with one attached hydrogen (secondary N) is 1. The van der Waals surface area contributed by atoms with Crippen molar-refractivity contribution in [3.63, 3.8) is 0 Å². The number of ether oxygens (including phenoxy) is 1. The Labute approximate surface area is 147 Å². The highest BCUT2D eigenvalue weighted by Crippen LogP contribution is 2.21. The molecule has 0 unspecified atom stereocenters. The van der Waals surface area contributed by atoms with Gasteiger partial charge < -0.3 is 19.5 Å². The van der Waals surface area contributed by atoms with Crippen LogP contribution in [0.1, 0.15) is 16.8 Å². The van der Waals surface area contributed by atoms with Crippen molar-refractivity contribution in [2.24, 2.45) is 0 Å². The van der Waals surface area contributed by atoms with Crippen molar-refractivity contribution in [2.75, 3.05) is 37.7 Å². The van der Waals surface area contributed by atoms with E-state index >= 15 is 0 Å². The number of pyridine rings is 1. The molecule has 0 saturated carbocycles. The molecule has 1 aromatic carbocycles. The summed E-state index contributed by atoms with van der Waals surface area (Å²) in [6, 6.07) is 12.7. The minimum atomic E-state index is -0.0810.